The van der Waals surface area contributed by atoms with Crippen molar-refractivity contribution in [2.45, 2.75) is 13.0 Å². The first-order chi connectivity index (χ1) is 15.0. The number of Topliss-reactive ketones (excluding diaryl/α,β-unsaturated/α-hetero) is 1. The van der Waals surface area contributed by atoms with Crippen molar-refractivity contribution >= 4 is 34.5 Å². The molecule has 2 heterocycles. The molecule has 2 aromatic carbocycles. The number of aliphatic hydroxyl groups excluding tert-OH is 1. The number of benzene rings is 2. The van der Waals surface area contributed by atoms with Gasteiger partial charge in [0.05, 0.1) is 19.3 Å². The second-order valence-corrected chi connectivity index (χ2v) is 7.83. The molecule has 0 bridgehead atoms. The van der Waals surface area contributed by atoms with Crippen LogP contribution in [-0.4, -0.2) is 30.5 Å². The average molecular weight is 436 g/mol. The van der Waals surface area contributed by atoms with Gasteiger partial charge in [-0.15, -0.1) is 11.3 Å². The van der Waals surface area contributed by atoms with Gasteiger partial charge in [-0.1, -0.05) is 24.3 Å². The predicted molar refractivity (Wildman–Crippen MR) is 120 cm³/mol. The Hall–Kier alpha value is -3.58. The summed E-state index contributed by atoms with van der Waals surface area (Å²) >= 11 is 1.41. The molecule has 1 N–H and O–H groups in total. The van der Waals surface area contributed by atoms with Crippen molar-refractivity contribution in [1.82, 2.24) is 0 Å². The second-order valence-electron chi connectivity index (χ2n) is 6.85. The fourth-order valence-corrected chi connectivity index (χ4v) is 4.45. The third-order valence-corrected chi connectivity index (χ3v) is 5.93. The van der Waals surface area contributed by atoms with Crippen molar-refractivity contribution < 1.29 is 24.2 Å². The predicted octanol–water partition coefficient (Wildman–Crippen LogP) is 4.78. The standard InChI is InChI=1S/C24H21NO5S/c1-3-30-18-10-4-7-15(13-18)22(26)20-21(19-11-6-12-31-19)25(24(28)23(20)27)16-8-5-9-17(14-16)29-2/h4-14,21,26H,3H2,1-2H3/b22-20-. The molecule has 1 fully saturated rings. The molecule has 31 heavy (non-hydrogen) atoms. The zero-order chi connectivity index (χ0) is 22.0. The minimum absolute atomic E-state index is 0.0453. The number of nitrogens with zero attached hydrogens (tertiary/aromatic N) is 1. The van der Waals surface area contributed by atoms with E-state index in [9.17, 15) is 14.7 Å². The number of amides is 1. The molecule has 1 aliphatic heterocycles. The van der Waals surface area contributed by atoms with Gasteiger partial charge in [0.2, 0.25) is 0 Å². The van der Waals surface area contributed by atoms with Gasteiger partial charge < -0.3 is 14.6 Å². The fraction of sp³-hybridized carbons (Fsp3) is 0.167. The van der Waals surface area contributed by atoms with Crippen LogP contribution in [0.25, 0.3) is 5.76 Å². The van der Waals surface area contributed by atoms with Crippen molar-refractivity contribution in [3.8, 4) is 11.5 Å². The van der Waals surface area contributed by atoms with E-state index in [0.29, 0.717) is 29.4 Å². The molecule has 3 aromatic rings. The number of ether oxygens (including phenoxy) is 2. The van der Waals surface area contributed by atoms with E-state index in [-0.39, 0.29) is 11.3 Å². The van der Waals surface area contributed by atoms with Gasteiger partial charge >= 0.3 is 0 Å². The first-order valence-corrected chi connectivity index (χ1v) is 10.6. The monoisotopic (exact) mass is 435 g/mol. The fourth-order valence-electron chi connectivity index (χ4n) is 3.63. The minimum Gasteiger partial charge on any atom is -0.507 e. The normalized spacial score (nSPS) is 17.7. The van der Waals surface area contributed by atoms with Gasteiger partial charge in [-0.25, -0.2) is 0 Å². The van der Waals surface area contributed by atoms with Crippen LogP contribution < -0.4 is 14.4 Å². The van der Waals surface area contributed by atoms with E-state index in [1.807, 2.05) is 24.4 Å². The summed E-state index contributed by atoms with van der Waals surface area (Å²) in [6.07, 6.45) is 0. The first-order valence-electron chi connectivity index (χ1n) is 9.76. The van der Waals surface area contributed by atoms with Crippen LogP contribution in [0.15, 0.2) is 71.6 Å². The highest BCUT2D eigenvalue weighted by Gasteiger charge is 2.47. The third-order valence-electron chi connectivity index (χ3n) is 5.01. The molecule has 6 nitrogen and oxygen atoms in total. The Balaban J connectivity index is 1.89. The summed E-state index contributed by atoms with van der Waals surface area (Å²) in [5, 5.41) is 13.0. The molecule has 7 heteroatoms. The lowest BCUT2D eigenvalue weighted by Gasteiger charge is -2.24. The lowest BCUT2D eigenvalue weighted by molar-refractivity contribution is -0.132. The van der Waals surface area contributed by atoms with Gasteiger partial charge in [0.25, 0.3) is 11.7 Å². The van der Waals surface area contributed by atoms with Gasteiger partial charge in [0, 0.05) is 22.2 Å². The van der Waals surface area contributed by atoms with Crippen LogP contribution in [0.2, 0.25) is 0 Å². The van der Waals surface area contributed by atoms with Crippen LogP contribution >= 0.6 is 11.3 Å². The molecule has 1 amide bonds. The maximum Gasteiger partial charge on any atom is 0.300 e. The van der Waals surface area contributed by atoms with Crippen molar-refractivity contribution in [2.75, 3.05) is 18.6 Å². The quantitative estimate of drug-likeness (QED) is 0.343. The average Bonchev–Trinajstić information content (AvgIpc) is 3.41. The summed E-state index contributed by atoms with van der Waals surface area (Å²) in [5.41, 5.74) is 0.974. The van der Waals surface area contributed by atoms with Crippen molar-refractivity contribution in [3.05, 3.63) is 82.1 Å². The molecule has 1 saturated heterocycles. The number of hydrogen-bond donors (Lipinski definition) is 1. The number of carbonyl (C=O) groups is 2. The lowest BCUT2D eigenvalue weighted by Crippen LogP contribution is -2.29. The summed E-state index contributed by atoms with van der Waals surface area (Å²) in [7, 11) is 1.54. The van der Waals surface area contributed by atoms with E-state index in [1.165, 1.54) is 23.3 Å². The molecule has 1 aromatic heterocycles. The minimum atomic E-state index is -0.747. The Morgan fingerprint density at radius 2 is 1.84 bits per heavy atom. The molecular weight excluding hydrogens is 414 g/mol. The van der Waals surface area contributed by atoms with E-state index < -0.39 is 17.7 Å². The van der Waals surface area contributed by atoms with Gasteiger partial charge in [-0.2, -0.15) is 0 Å². The van der Waals surface area contributed by atoms with Crippen LogP contribution in [0.4, 0.5) is 5.69 Å². The zero-order valence-electron chi connectivity index (χ0n) is 17.1. The highest BCUT2D eigenvalue weighted by atomic mass is 32.1. The van der Waals surface area contributed by atoms with Gasteiger partial charge in [0.1, 0.15) is 23.3 Å². The van der Waals surface area contributed by atoms with Crippen molar-refractivity contribution in [3.63, 3.8) is 0 Å². The van der Waals surface area contributed by atoms with Crippen molar-refractivity contribution in [2.24, 2.45) is 0 Å². The van der Waals surface area contributed by atoms with Gasteiger partial charge in [-0.05, 0) is 42.6 Å². The molecule has 1 aliphatic rings. The van der Waals surface area contributed by atoms with Crippen LogP contribution in [0.3, 0.4) is 0 Å². The molecule has 1 unspecified atom stereocenters. The maximum absolute atomic E-state index is 13.1. The summed E-state index contributed by atoms with van der Waals surface area (Å²) < 4.78 is 10.8. The number of aliphatic hydroxyl groups is 1. The SMILES string of the molecule is CCOc1cccc(/C(O)=C2/C(=O)C(=O)N(c3cccc(OC)c3)C2c2cccs2)c1. The van der Waals surface area contributed by atoms with Crippen LogP contribution in [0.1, 0.15) is 23.4 Å². The summed E-state index contributed by atoms with van der Waals surface area (Å²) in [5.74, 6) is -0.534. The number of ketones is 1. The maximum atomic E-state index is 13.1. The number of rotatable bonds is 6. The second kappa shape index (κ2) is 8.65. The Kier molecular flexibility index (Phi) is 5.77. The molecule has 158 valence electrons. The molecule has 1 atom stereocenters. The van der Waals surface area contributed by atoms with E-state index in [0.717, 1.165) is 4.88 Å². The third kappa shape index (κ3) is 3.80. The Morgan fingerprint density at radius 3 is 2.55 bits per heavy atom. The smallest absolute Gasteiger partial charge is 0.300 e. The topological polar surface area (TPSA) is 76.1 Å². The highest BCUT2D eigenvalue weighted by Crippen LogP contribution is 2.44. The number of hydrogen-bond acceptors (Lipinski definition) is 6. The van der Waals surface area contributed by atoms with Crippen LogP contribution in [-0.2, 0) is 9.59 Å². The number of methoxy groups -OCH3 is 1. The summed E-state index contributed by atoms with van der Waals surface area (Å²) in [6, 6.07) is 16.7. The summed E-state index contributed by atoms with van der Waals surface area (Å²) in [6.45, 7) is 2.34. The number of thiophene rings is 1. The van der Waals surface area contributed by atoms with E-state index >= 15 is 0 Å². The summed E-state index contributed by atoms with van der Waals surface area (Å²) in [4.78, 5) is 28.4. The largest absolute Gasteiger partial charge is 0.507 e. The van der Waals surface area contributed by atoms with E-state index in [2.05, 4.69) is 0 Å². The zero-order valence-corrected chi connectivity index (χ0v) is 17.9. The van der Waals surface area contributed by atoms with E-state index in [1.54, 1.807) is 48.5 Å². The van der Waals surface area contributed by atoms with Gasteiger partial charge in [0.15, 0.2) is 0 Å². The van der Waals surface area contributed by atoms with Crippen molar-refractivity contribution in [1.29, 1.82) is 0 Å². The van der Waals surface area contributed by atoms with Gasteiger partial charge in [-0.3, -0.25) is 14.5 Å². The Bertz CT molecular complexity index is 1150. The molecular formula is C24H21NO5S. The molecule has 0 aliphatic carbocycles. The lowest BCUT2D eigenvalue weighted by atomic mass is 9.99. The van der Waals surface area contributed by atoms with Crippen LogP contribution in [0, 0.1) is 0 Å². The van der Waals surface area contributed by atoms with E-state index in [4.69, 9.17) is 9.47 Å². The first kappa shape index (κ1) is 20.7. The Morgan fingerprint density at radius 1 is 1.06 bits per heavy atom. The number of carbonyl (C=O) groups excluding carboxylic acids is 2. The highest BCUT2D eigenvalue weighted by molar-refractivity contribution is 7.10. The molecule has 0 radical (unpaired) electrons. The Labute approximate surface area is 184 Å². The molecule has 0 saturated carbocycles. The molecule has 4 rings (SSSR count). The van der Waals surface area contributed by atoms with Crippen LogP contribution in [0.5, 0.6) is 11.5 Å². The molecule has 0 spiro atoms. The number of anilines is 1.